The highest BCUT2D eigenvalue weighted by Gasteiger charge is 2.15. The average Bonchev–Trinajstić information content (AvgIpc) is 2.18. The van der Waals surface area contributed by atoms with Crippen molar-refractivity contribution in [2.24, 2.45) is 0 Å². The predicted molar refractivity (Wildman–Crippen MR) is 63.1 cm³/mol. The molecule has 0 saturated carbocycles. The molecule has 4 nitrogen and oxygen atoms in total. The molecule has 4 heteroatoms. The van der Waals surface area contributed by atoms with Crippen LogP contribution in [0.3, 0.4) is 0 Å². The molecule has 0 fully saturated rings. The van der Waals surface area contributed by atoms with Gasteiger partial charge in [-0.3, -0.25) is 0 Å². The number of aromatic nitrogens is 2. The first-order valence-electron chi connectivity index (χ1n) is 5.27. The van der Waals surface area contributed by atoms with Gasteiger partial charge in [0, 0.05) is 18.5 Å². The first-order chi connectivity index (χ1) is 7.04. The summed E-state index contributed by atoms with van der Waals surface area (Å²) in [5, 5.41) is 14.6. The molecule has 2 N–H and O–H groups in total. The van der Waals surface area contributed by atoms with Crippen molar-refractivity contribution in [3.8, 4) is 0 Å². The summed E-state index contributed by atoms with van der Waals surface area (Å²) in [6.07, 6.45) is 0. The van der Waals surface area contributed by atoms with Crippen molar-refractivity contribution in [1.82, 2.24) is 15.5 Å². The Morgan fingerprint density at radius 2 is 1.87 bits per heavy atom. The summed E-state index contributed by atoms with van der Waals surface area (Å²) in [6, 6.07) is 4.00. The molecular weight excluding hydrogens is 188 g/mol. The van der Waals surface area contributed by atoms with E-state index in [1.807, 2.05) is 19.2 Å². The highest BCUT2D eigenvalue weighted by Crippen LogP contribution is 2.19. The lowest BCUT2D eigenvalue weighted by atomic mass is 9.92. The number of nitrogens with one attached hydrogen (secondary N) is 2. The quantitative estimate of drug-likeness (QED) is 0.734. The van der Waals surface area contributed by atoms with Crippen molar-refractivity contribution < 1.29 is 0 Å². The second-order valence-corrected chi connectivity index (χ2v) is 4.58. The molecule has 1 rings (SSSR count). The Kier molecular flexibility index (Phi) is 4.03. The number of hydrogen-bond acceptors (Lipinski definition) is 4. The highest BCUT2D eigenvalue weighted by atomic mass is 15.2. The van der Waals surface area contributed by atoms with E-state index in [1.54, 1.807) is 0 Å². The summed E-state index contributed by atoms with van der Waals surface area (Å²) in [7, 11) is 1.93. The van der Waals surface area contributed by atoms with E-state index >= 15 is 0 Å². The van der Waals surface area contributed by atoms with Crippen LogP contribution in [-0.4, -0.2) is 30.3 Å². The predicted octanol–water partition coefficient (Wildman–Crippen LogP) is 1.41. The van der Waals surface area contributed by atoms with Crippen molar-refractivity contribution in [1.29, 1.82) is 0 Å². The molecule has 1 aromatic rings. The van der Waals surface area contributed by atoms with Crippen molar-refractivity contribution in [3.05, 3.63) is 17.8 Å². The van der Waals surface area contributed by atoms with Crippen LogP contribution in [0.2, 0.25) is 0 Å². The Bertz CT molecular complexity index is 286. The van der Waals surface area contributed by atoms with Gasteiger partial charge in [0.15, 0.2) is 0 Å². The summed E-state index contributed by atoms with van der Waals surface area (Å²) < 4.78 is 0. The average molecular weight is 208 g/mol. The Hall–Kier alpha value is -1.16. The molecule has 1 aromatic heterocycles. The zero-order chi connectivity index (χ0) is 11.3. The maximum absolute atomic E-state index is 4.20. The van der Waals surface area contributed by atoms with Gasteiger partial charge < -0.3 is 10.6 Å². The van der Waals surface area contributed by atoms with Crippen LogP contribution in [0.1, 0.15) is 26.5 Å². The monoisotopic (exact) mass is 208 g/mol. The van der Waals surface area contributed by atoms with E-state index < -0.39 is 0 Å². The third kappa shape index (κ3) is 3.83. The maximum Gasteiger partial charge on any atom is 0.148 e. The minimum atomic E-state index is 0.0660. The molecule has 0 unspecified atom stereocenters. The topological polar surface area (TPSA) is 49.8 Å². The SMILES string of the molecule is CNCCNc1ccc(C(C)(C)C)nn1. The Balaban J connectivity index is 2.57. The Labute approximate surface area is 91.5 Å². The molecule has 0 aliphatic rings. The van der Waals surface area contributed by atoms with E-state index in [0.717, 1.165) is 24.6 Å². The largest absolute Gasteiger partial charge is 0.367 e. The molecule has 0 radical (unpaired) electrons. The number of hydrogen-bond donors (Lipinski definition) is 2. The normalized spacial score (nSPS) is 11.5. The molecule has 0 atom stereocenters. The standard InChI is InChI=1S/C11H20N4/c1-11(2,3)9-5-6-10(15-14-9)13-8-7-12-4/h5-6,12H,7-8H2,1-4H3,(H,13,15). The Morgan fingerprint density at radius 3 is 2.33 bits per heavy atom. The van der Waals surface area contributed by atoms with Crippen molar-refractivity contribution in [3.63, 3.8) is 0 Å². The molecule has 0 amide bonds. The molecular formula is C11H20N4. The van der Waals surface area contributed by atoms with Gasteiger partial charge in [0.1, 0.15) is 5.82 Å². The fourth-order valence-corrected chi connectivity index (χ4v) is 1.14. The molecule has 0 saturated heterocycles. The summed E-state index contributed by atoms with van der Waals surface area (Å²) in [5.74, 6) is 0.832. The number of rotatable bonds is 4. The molecule has 0 aliphatic carbocycles. The van der Waals surface area contributed by atoms with E-state index in [0.29, 0.717) is 0 Å². The molecule has 84 valence electrons. The fourth-order valence-electron chi connectivity index (χ4n) is 1.14. The summed E-state index contributed by atoms with van der Waals surface area (Å²) in [5.41, 5.74) is 1.08. The van der Waals surface area contributed by atoms with Crippen molar-refractivity contribution in [2.75, 3.05) is 25.5 Å². The minimum Gasteiger partial charge on any atom is -0.367 e. The maximum atomic E-state index is 4.20. The van der Waals surface area contributed by atoms with Crippen molar-refractivity contribution >= 4 is 5.82 Å². The summed E-state index contributed by atoms with van der Waals surface area (Å²) >= 11 is 0. The van der Waals surface area contributed by atoms with Crippen LogP contribution in [0.4, 0.5) is 5.82 Å². The second-order valence-electron chi connectivity index (χ2n) is 4.58. The highest BCUT2D eigenvalue weighted by molar-refractivity contribution is 5.33. The molecule has 15 heavy (non-hydrogen) atoms. The van der Waals surface area contributed by atoms with Gasteiger partial charge in [-0.2, -0.15) is 5.10 Å². The summed E-state index contributed by atoms with van der Waals surface area (Å²) in [4.78, 5) is 0. The van der Waals surface area contributed by atoms with Gasteiger partial charge in [-0.1, -0.05) is 20.8 Å². The smallest absolute Gasteiger partial charge is 0.148 e. The van der Waals surface area contributed by atoms with Crippen LogP contribution in [0.15, 0.2) is 12.1 Å². The van der Waals surface area contributed by atoms with E-state index in [-0.39, 0.29) is 5.41 Å². The van der Waals surface area contributed by atoms with E-state index in [1.165, 1.54) is 0 Å². The number of likely N-dealkylation sites (N-methyl/N-ethyl adjacent to an activating group) is 1. The van der Waals surface area contributed by atoms with E-state index in [4.69, 9.17) is 0 Å². The van der Waals surface area contributed by atoms with Gasteiger partial charge in [0.05, 0.1) is 5.69 Å². The third-order valence-corrected chi connectivity index (χ3v) is 2.11. The fraction of sp³-hybridized carbons (Fsp3) is 0.636. The van der Waals surface area contributed by atoms with Gasteiger partial charge >= 0.3 is 0 Å². The van der Waals surface area contributed by atoms with Gasteiger partial charge in [0.2, 0.25) is 0 Å². The van der Waals surface area contributed by atoms with Crippen LogP contribution in [-0.2, 0) is 5.41 Å². The lowest BCUT2D eigenvalue weighted by Gasteiger charge is -2.16. The van der Waals surface area contributed by atoms with Crippen LogP contribution in [0.5, 0.6) is 0 Å². The molecule has 0 aromatic carbocycles. The van der Waals surface area contributed by atoms with Gasteiger partial charge in [-0.25, -0.2) is 0 Å². The lowest BCUT2D eigenvalue weighted by Crippen LogP contribution is -2.19. The van der Waals surface area contributed by atoms with Crippen molar-refractivity contribution in [2.45, 2.75) is 26.2 Å². The minimum absolute atomic E-state index is 0.0660. The number of anilines is 1. The zero-order valence-electron chi connectivity index (χ0n) is 9.96. The van der Waals surface area contributed by atoms with E-state index in [9.17, 15) is 0 Å². The first kappa shape index (κ1) is 11.9. The third-order valence-electron chi connectivity index (χ3n) is 2.11. The van der Waals surface area contributed by atoms with Gasteiger partial charge in [0.25, 0.3) is 0 Å². The van der Waals surface area contributed by atoms with E-state index in [2.05, 4.69) is 41.6 Å². The molecule has 1 heterocycles. The van der Waals surface area contributed by atoms with Crippen LogP contribution >= 0.6 is 0 Å². The van der Waals surface area contributed by atoms with Gasteiger partial charge in [-0.15, -0.1) is 5.10 Å². The second kappa shape index (κ2) is 5.07. The van der Waals surface area contributed by atoms with Crippen LogP contribution < -0.4 is 10.6 Å². The van der Waals surface area contributed by atoms with Gasteiger partial charge in [-0.05, 0) is 19.2 Å². The Morgan fingerprint density at radius 1 is 1.13 bits per heavy atom. The first-order valence-corrected chi connectivity index (χ1v) is 5.27. The molecule has 0 bridgehead atoms. The molecule has 0 spiro atoms. The number of nitrogens with zero attached hydrogens (tertiary/aromatic N) is 2. The zero-order valence-corrected chi connectivity index (χ0v) is 9.96. The lowest BCUT2D eigenvalue weighted by molar-refractivity contribution is 0.559. The molecule has 0 aliphatic heterocycles. The van der Waals surface area contributed by atoms with Crippen LogP contribution in [0, 0.1) is 0 Å². The summed E-state index contributed by atoms with van der Waals surface area (Å²) in [6.45, 7) is 8.17. The van der Waals surface area contributed by atoms with Crippen LogP contribution in [0.25, 0.3) is 0 Å².